The maximum Gasteiger partial charge on any atom is 0.267 e. The van der Waals surface area contributed by atoms with E-state index in [1.165, 1.54) is 10.7 Å². The van der Waals surface area contributed by atoms with E-state index in [2.05, 4.69) is 10.4 Å². The topological polar surface area (TPSA) is 64.0 Å². The number of halogens is 1. The molecule has 0 radical (unpaired) electrons. The van der Waals surface area contributed by atoms with E-state index in [-0.39, 0.29) is 11.5 Å². The fraction of sp³-hybridized carbons (Fsp3) is 0.150. The molecule has 6 heteroatoms. The highest BCUT2D eigenvalue weighted by atomic mass is 35.5. The molecular formula is C20H16ClN3O2. The highest BCUT2D eigenvalue weighted by molar-refractivity contribution is 6.33. The highest BCUT2D eigenvalue weighted by Crippen LogP contribution is 2.28. The van der Waals surface area contributed by atoms with Crippen molar-refractivity contribution in [2.75, 3.05) is 5.32 Å². The van der Waals surface area contributed by atoms with Gasteiger partial charge in [-0.3, -0.25) is 9.59 Å². The van der Waals surface area contributed by atoms with Crippen molar-refractivity contribution in [1.82, 2.24) is 9.78 Å². The predicted octanol–water partition coefficient (Wildman–Crippen LogP) is 3.69. The number of fused-ring (bicyclic) bond motifs is 1. The van der Waals surface area contributed by atoms with Gasteiger partial charge in [-0.25, -0.2) is 4.68 Å². The Bertz CT molecular complexity index is 1040. The second kappa shape index (κ2) is 6.77. The lowest BCUT2D eigenvalue weighted by atomic mass is 10.1. The molecule has 5 nitrogen and oxygen atoms in total. The van der Waals surface area contributed by atoms with Crippen LogP contribution in [0.4, 0.5) is 5.69 Å². The molecule has 3 aromatic rings. The van der Waals surface area contributed by atoms with Crippen LogP contribution < -0.4 is 10.9 Å². The van der Waals surface area contributed by atoms with Crippen molar-refractivity contribution >= 4 is 23.2 Å². The molecule has 1 aliphatic heterocycles. The molecule has 1 unspecified atom stereocenters. The smallest absolute Gasteiger partial charge is 0.267 e. The summed E-state index contributed by atoms with van der Waals surface area (Å²) in [6.45, 7) is 0. The Morgan fingerprint density at radius 2 is 1.77 bits per heavy atom. The van der Waals surface area contributed by atoms with Gasteiger partial charge in [-0.1, -0.05) is 48.0 Å². The van der Waals surface area contributed by atoms with Gasteiger partial charge in [0.25, 0.3) is 5.56 Å². The molecule has 0 spiro atoms. The second-order valence-electron chi connectivity index (χ2n) is 6.18. The monoisotopic (exact) mass is 365 g/mol. The van der Waals surface area contributed by atoms with Gasteiger partial charge in [-0.2, -0.15) is 5.10 Å². The van der Waals surface area contributed by atoms with Crippen LogP contribution in [0.3, 0.4) is 0 Å². The number of para-hydroxylation sites is 1. The summed E-state index contributed by atoms with van der Waals surface area (Å²) >= 11 is 6.25. The van der Waals surface area contributed by atoms with Crippen molar-refractivity contribution in [1.29, 1.82) is 0 Å². The minimum Gasteiger partial charge on any atom is -0.324 e. The number of hydrogen-bond acceptors (Lipinski definition) is 3. The molecule has 130 valence electrons. The van der Waals surface area contributed by atoms with Gasteiger partial charge in [0.05, 0.1) is 10.7 Å². The van der Waals surface area contributed by atoms with Crippen LogP contribution in [0.15, 0.2) is 65.5 Å². The van der Waals surface area contributed by atoms with E-state index in [1.807, 2.05) is 42.5 Å². The van der Waals surface area contributed by atoms with Gasteiger partial charge in [-0.05, 0) is 36.6 Å². The molecule has 0 saturated carbocycles. The first-order valence-corrected chi connectivity index (χ1v) is 8.75. The number of benzene rings is 2. The number of nitrogens with zero attached hydrogens (tertiary/aromatic N) is 2. The van der Waals surface area contributed by atoms with Crippen molar-refractivity contribution in [2.45, 2.75) is 18.9 Å². The minimum atomic E-state index is -0.669. The Hall–Kier alpha value is -2.92. The summed E-state index contributed by atoms with van der Waals surface area (Å²) in [6.07, 6.45) is 1.19. The fourth-order valence-corrected chi connectivity index (χ4v) is 3.43. The lowest BCUT2D eigenvalue weighted by Crippen LogP contribution is -2.34. The zero-order valence-corrected chi connectivity index (χ0v) is 14.6. The van der Waals surface area contributed by atoms with Crippen LogP contribution >= 0.6 is 11.6 Å². The van der Waals surface area contributed by atoms with Crippen LogP contribution in [0.25, 0.3) is 11.3 Å². The van der Waals surface area contributed by atoms with Gasteiger partial charge in [0, 0.05) is 17.3 Å². The summed E-state index contributed by atoms with van der Waals surface area (Å²) in [5.74, 6) is -0.235. The van der Waals surface area contributed by atoms with Crippen molar-refractivity contribution in [2.24, 2.45) is 0 Å². The number of anilines is 1. The Labute approximate surface area is 155 Å². The van der Waals surface area contributed by atoms with Gasteiger partial charge >= 0.3 is 0 Å². The van der Waals surface area contributed by atoms with Gasteiger partial charge in [0.15, 0.2) is 0 Å². The molecule has 0 saturated heterocycles. The standard InChI is InChI=1S/C20H16ClN3O2/c21-15-7-3-2-6-14(15)17-10-12-19(25)24(23-17)18-11-9-13-5-1-4-8-16(13)22-20(18)26/h1-8,10,12,18H,9,11H2,(H,22,26). The third-order valence-corrected chi connectivity index (χ3v) is 4.86. The largest absolute Gasteiger partial charge is 0.324 e. The normalized spacial score (nSPS) is 16.5. The molecule has 4 rings (SSSR count). The van der Waals surface area contributed by atoms with E-state index in [0.717, 1.165) is 16.8 Å². The van der Waals surface area contributed by atoms with E-state index >= 15 is 0 Å². The summed E-state index contributed by atoms with van der Waals surface area (Å²) in [5.41, 5.74) is 2.81. The van der Waals surface area contributed by atoms with Crippen LogP contribution in [-0.2, 0) is 11.2 Å². The van der Waals surface area contributed by atoms with Crippen molar-refractivity contribution < 1.29 is 4.79 Å². The number of rotatable bonds is 2. The Morgan fingerprint density at radius 3 is 2.62 bits per heavy atom. The van der Waals surface area contributed by atoms with Crippen LogP contribution in [0, 0.1) is 0 Å². The minimum absolute atomic E-state index is 0.235. The number of carbonyl (C=O) groups is 1. The molecule has 2 aromatic carbocycles. The number of amides is 1. The van der Waals surface area contributed by atoms with E-state index in [4.69, 9.17) is 11.6 Å². The zero-order chi connectivity index (χ0) is 18.1. The average Bonchev–Trinajstić information content (AvgIpc) is 2.81. The van der Waals surface area contributed by atoms with Crippen LogP contribution in [0.2, 0.25) is 5.02 Å². The Morgan fingerprint density at radius 1 is 1.00 bits per heavy atom. The zero-order valence-electron chi connectivity index (χ0n) is 13.9. The van der Waals surface area contributed by atoms with E-state index < -0.39 is 6.04 Å². The number of aryl methyl sites for hydroxylation is 1. The van der Waals surface area contributed by atoms with Crippen LogP contribution in [-0.4, -0.2) is 15.7 Å². The molecule has 1 N–H and O–H groups in total. The molecule has 0 bridgehead atoms. The number of carbonyl (C=O) groups excluding carboxylic acids is 1. The molecule has 2 heterocycles. The number of nitrogens with one attached hydrogen (secondary N) is 1. The summed E-state index contributed by atoms with van der Waals surface area (Å²) < 4.78 is 1.26. The predicted molar refractivity (Wildman–Crippen MR) is 101 cm³/mol. The lowest BCUT2D eigenvalue weighted by Gasteiger charge is -2.16. The molecule has 1 atom stereocenters. The van der Waals surface area contributed by atoms with Crippen LogP contribution in [0.1, 0.15) is 18.0 Å². The maximum atomic E-state index is 12.7. The van der Waals surface area contributed by atoms with Gasteiger partial charge in [0.1, 0.15) is 6.04 Å². The summed E-state index contributed by atoms with van der Waals surface area (Å²) in [5, 5.41) is 7.89. The van der Waals surface area contributed by atoms with E-state index in [9.17, 15) is 9.59 Å². The number of aromatic nitrogens is 2. The fourth-order valence-electron chi connectivity index (χ4n) is 3.19. The Balaban J connectivity index is 1.74. The summed E-state index contributed by atoms with van der Waals surface area (Å²) in [4.78, 5) is 25.1. The van der Waals surface area contributed by atoms with Gasteiger partial charge in [0.2, 0.25) is 5.91 Å². The van der Waals surface area contributed by atoms with E-state index in [0.29, 0.717) is 23.6 Å². The second-order valence-corrected chi connectivity index (χ2v) is 6.59. The van der Waals surface area contributed by atoms with Gasteiger partial charge in [-0.15, -0.1) is 0 Å². The molecular weight excluding hydrogens is 350 g/mol. The molecule has 0 aliphatic carbocycles. The van der Waals surface area contributed by atoms with Crippen molar-refractivity contribution in [3.63, 3.8) is 0 Å². The SMILES string of the molecule is O=C1Nc2ccccc2CCC1n1nc(-c2ccccc2Cl)ccc1=O. The third-order valence-electron chi connectivity index (χ3n) is 4.54. The first kappa shape index (κ1) is 16.5. The molecule has 0 fully saturated rings. The summed E-state index contributed by atoms with van der Waals surface area (Å²) in [7, 11) is 0. The first-order valence-electron chi connectivity index (χ1n) is 8.37. The number of hydrogen-bond donors (Lipinski definition) is 1. The van der Waals surface area contributed by atoms with Crippen molar-refractivity contribution in [3.8, 4) is 11.3 Å². The average molecular weight is 366 g/mol. The Kier molecular flexibility index (Phi) is 4.31. The van der Waals surface area contributed by atoms with E-state index in [1.54, 1.807) is 12.1 Å². The highest BCUT2D eigenvalue weighted by Gasteiger charge is 2.27. The summed E-state index contributed by atoms with van der Waals surface area (Å²) in [6, 6.07) is 17.3. The molecule has 1 aliphatic rings. The molecule has 1 amide bonds. The van der Waals surface area contributed by atoms with Gasteiger partial charge < -0.3 is 5.32 Å². The lowest BCUT2D eigenvalue weighted by molar-refractivity contribution is -0.119. The first-order chi connectivity index (χ1) is 12.6. The van der Waals surface area contributed by atoms with Crippen LogP contribution in [0.5, 0.6) is 0 Å². The third kappa shape index (κ3) is 3.02. The molecule has 1 aromatic heterocycles. The van der Waals surface area contributed by atoms with Crippen molar-refractivity contribution in [3.05, 3.63) is 81.6 Å². The quantitative estimate of drug-likeness (QED) is 0.753. The maximum absolute atomic E-state index is 12.7. The molecule has 26 heavy (non-hydrogen) atoms.